The van der Waals surface area contributed by atoms with Gasteiger partial charge in [0.25, 0.3) is 5.96 Å². The Bertz CT molecular complexity index is 798. The number of hydrogen-bond acceptors (Lipinski definition) is 7. The van der Waals surface area contributed by atoms with Crippen LogP contribution in [0.1, 0.15) is 14.6 Å². The Morgan fingerprint density at radius 1 is 0.720 bits per heavy atom. The third-order valence-electron chi connectivity index (χ3n) is 2.70. The Balaban J connectivity index is 1.63. The predicted octanol–water partition coefficient (Wildman–Crippen LogP) is 3.81. The van der Waals surface area contributed by atoms with Gasteiger partial charge in [0.2, 0.25) is 0 Å². The summed E-state index contributed by atoms with van der Waals surface area (Å²) in [6, 6.07) is 11.8. The summed E-state index contributed by atoms with van der Waals surface area (Å²) >= 11 is 4.79. The maximum absolute atomic E-state index is 4.15. The first-order valence-electron chi connectivity index (χ1n) is 7.20. The fourth-order valence-corrected chi connectivity index (χ4v) is 3.37. The molecule has 0 atom stereocenters. The van der Waals surface area contributed by atoms with Crippen molar-refractivity contribution >= 4 is 58.6 Å². The first-order valence-corrected chi connectivity index (χ1v) is 9.84. The minimum atomic E-state index is 0.327. The topological polar surface area (TPSA) is 73.5 Å². The highest BCUT2D eigenvalue weighted by Crippen LogP contribution is 2.05. The third kappa shape index (κ3) is 6.07. The second kappa shape index (κ2) is 9.62. The molecular weight excluding hydrogens is 372 g/mol. The van der Waals surface area contributed by atoms with Crippen LogP contribution in [0.25, 0.3) is 0 Å². The number of nitrogens with one attached hydrogen (secondary N) is 2. The summed E-state index contributed by atoms with van der Waals surface area (Å²) in [5.74, 6) is 0.327. The van der Waals surface area contributed by atoms with Crippen molar-refractivity contribution in [1.29, 1.82) is 0 Å². The highest BCUT2D eigenvalue weighted by atomic mass is 32.1. The van der Waals surface area contributed by atoms with Crippen LogP contribution in [0, 0.1) is 0 Å². The number of guanidine groups is 1. The summed E-state index contributed by atoms with van der Waals surface area (Å²) in [6.45, 7) is 0. The first kappa shape index (κ1) is 17.2. The predicted molar refractivity (Wildman–Crippen MR) is 109 cm³/mol. The first-order chi connectivity index (χ1) is 12.4. The zero-order valence-corrected chi connectivity index (χ0v) is 15.4. The lowest BCUT2D eigenvalue weighted by atomic mass is 10.5. The van der Waals surface area contributed by atoms with Gasteiger partial charge in [-0.25, -0.2) is 10.9 Å². The molecule has 3 heterocycles. The van der Waals surface area contributed by atoms with Crippen LogP contribution in [0.4, 0.5) is 0 Å². The number of thiophene rings is 3. The van der Waals surface area contributed by atoms with Gasteiger partial charge < -0.3 is 0 Å². The molecule has 0 spiro atoms. The largest absolute Gasteiger partial charge is 0.257 e. The van der Waals surface area contributed by atoms with E-state index in [-0.39, 0.29) is 0 Å². The molecular formula is C16H14N6S3. The monoisotopic (exact) mass is 386 g/mol. The fraction of sp³-hybridized carbons (Fsp3) is 0. The van der Waals surface area contributed by atoms with Gasteiger partial charge in [0, 0.05) is 14.6 Å². The van der Waals surface area contributed by atoms with Crippen molar-refractivity contribution in [2.45, 2.75) is 0 Å². The molecule has 6 nitrogen and oxygen atoms in total. The molecule has 0 aromatic carbocycles. The highest BCUT2D eigenvalue weighted by molar-refractivity contribution is 7.12. The van der Waals surface area contributed by atoms with Gasteiger partial charge in [-0.3, -0.25) is 0 Å². The van der Waals surface area contributed by atoms with E-state index in [1.807, 2.05) is 52.5 Å². The summed E-state index contributed by atoms with van der Waals surface area (Å²) in [5, 5.41) is 22.4. The zero-order valence-electron chi connectivity index (χ0n) is 12.9. The van der Waals surface area contributed by atoms with Crippen molar-refractivity contribution in [2.24, 2.45) is 20.4 Å². The maximum atomic E-state index is 4.15. The van der Waals surface area contributed by atoms with Crippen LogP contribution >= 0.6 is 34.0 Å². The minimum Gasteiger partial charge on any atom is -0.244 e. The molecule has 2 N–H and O–H groups in total. The van der Waals surface area contributed by atoms with E-state index in [1.54, 1.807) is 52.7 Å². The molecule has 0 radical (unpaired) electrons. The van der Waals surface area contributed by atoms with Crippen LogP contribution < -0.4 is 10.9 Å². The van der Waals surface area contributed by atoms with Gasteiger partial charge in [0.1, 0.15) is 0 Å². The molecule has 0 saturated heterocycles. The van der Waals surface area contributed by atoms with Crippen LogP contribution in [0.3, 0.4) is 0 Å². The van der Waals surface area contributed by atoms with Gasteiger partial charge in [0.05, 0.1) is 18.6 Å². The van der Waals surface area contributed by atoms with E-state index in [2.05, 4.69) is 31.3 Å². The van der Waals surface area contributed by atoms with Gasteiger partial charge in [-0.1, -0.05) is 18.2 Å². The van der Waals surface area contributed by atoms with E-state index in [4.69, 9.17) is 0 Å². The molecule has 0 unspecified atom stereocenters. The molecule has 0 saturated carbocycles. The quantitative estimate of drug-likeness (QED) is 0.384. The Morgan fingerprint density at radius 2 is 1.20 bits per heavy atom. The summed E-state index contributed by atoms with van der Waals surface area (Å²) in [7, 11) is 0. The molecule has 0 amide bonds. The summed E-state index contributed by atoms with van der Waals surface area (Å²) in [5.41, 5.74) is 5.63. The standard InChI is InChI=1S/C16H14N6S3/c1-4-13(23-7-1)10-17-20-16(21-18-11-14-5-2-8-24-14)22-19-12-15-6-3-9-25-15/h1-12H,(H2,20,21,22)/b17-10+,18-11+,19-12+. The molecule has 0 aliphatic carbocycles. The van der Waals surface area contributed by atoms with Crippen LogP contribution in [-0.4, -0.2) is 24.6 Å². The lowest BCUT2D eigenvalue weighted by Gasteiger charge is -2.01. The van der Waals surface area contributed by atoms with Crippen molar-refractivity contribution in [3.05, 3.63) is 67.2 Å². The van der Waals surface area contributed by atoms with Crippen molar-refractivity contribution in [3.63, 3.8) is 0 Å². The number of nitrogens with zero attached hydrogens (tertiary/aromatic N) is 4. The van der Waals surface area contributed by atoms with Gasteiger partial charge in [-0.05, 0) is 34.3 Å². The summed E-state index contributed by atoms with van der Waals surface area (Å²) < 4.78 is 0. The molecule has 9 heteroatoms. The number of hydrogen-bond donors (Lipinski definition) is 2. The van der Waals surface area contributed by atoms with Crippen molar-refractivity contribution in [1.82, 2.24) is 10.9 Å². The van der Waals surface area contributed by atoms with Crippen LogP contribution in [-0.2, 0) is 0 Å². The van der Waals surface area contributed by atoms with E-state index in [0.717, 1.165) is 14.6 Å². The third-order valence-corrected chi connectivity index (χ3v) is 5.12. The van der Waals surface area contributed by atoms with E-state index in [0.29, 0.717) is 5.96 Å². The second-order valence-electron chi connectivity index (χ2n) is 4.48. The summed E-state index contributed by atoms with van der Waals surface area (Å²) in [4.78, 5) is 3.10. The van der Waals surface area contributed by atoms with Crippen LogP contribution in [0.15, 0.2) is 72.9 Å². The maximum Gasteiger partial charge on any atom is 0.257 e. The van der Waals surface area contributed by atoms with Crippen molar-refractivity contribution < 1.29 is 0 Å². The molecule has 3 aromatic rings. The van der Waals surface area contributed by atoms with Gasteiger partial charge in [-0.2, -0.15) is 15.3 Å². The summed E-state index contributed by atoms with van der Waals surface area (Å²) in [6.07, 6.45) is 5.11. The van der Waals surface area contributed by atoms with Crippen LogP contribution in [0.5, 0.6) is 0 Å². The normalized spacial score (nSPS) is 11.5. The average Bonchev–Trinajstić information content (AvgIpc) is 3.38. The Labute approximate surface area is 157 Å². The molecule has 0 aliphatic heterocycles. The van der Waals surface area contributed by atoms with E-state index >= 15 is 0 Å². The van der Waals surface area contributed by atoms with Crippen molar-refractivity contribution in [3.8, 4) is 0 Å². The number of rotatable bonds is 6. The molecule has 0 aliphatic rings. The zero-order chi connectivity index (χ0) is 17.2. The fourth-order valence-electron chi connectivity index (χ4n) is 1.62. The highest BCUT2D eigenvalue weighted by Gasteiger charge is 1.95. The molecule has 126 valence electrons. The molecule has 0 bridgehead atoms. The second-order valence-corrected chi connectivity index (χ2v) is 7.42. The molecule has 0 fully saturated rings. The minimum absolute atomic E-state index is 0.327. The SMILES string of the molecule is C(=N\N=C(N/N=C/c1cccs1)N/N=C/c1cccs1)/c1cccs1. The Kier molecular flexibility index (Phi) is 6.62. The van der Waals surface area contributed by atoms with Crippen LogP contribution in [0.2, 0.25) is 0 Å². The smallest absolute Gasteiger partial charge is 0.244 e. The molecule has 25 heavy (non-hydrogen) atoms. The van der Waals surface area contributed by atoms with Gasteiger partial charge in [-0.15, -0.1) is 39.1 Å². The lowest BCUT2D eigenvalue weighted by molar-refractivity contribution is 0.891. The van der Waals surface area contributed by atoms with Gasteiger partial charge >= 0.3 is 0 Å². The van der Waals surface area contributed by atoms with E-state index < -0.39 is 0 Å². The Morgan fingerprint density at radius 3 is 1.64 bits per heavy atom. The number of hydrazone groups is 2. The van der Waals surface area contributed by atoms with E-state index in [9.17, 15) is 0 Å². The van der Waals surface area contributed by atoms with E-state index in [1.165, 1.54) is 0 Å². The van der Waals surface area contributed by atoms with Gasteiger partial charge in [0.15, 0.2) is 0 Å². The Hall–Kier alpha value is -2.62. The average molecular weight is 387 g/mol. The lowest BCUT2D eigenvalue weighted by Crippen LogP contribution is -2.30. The molecule has 3 rings (SSSR count). The molecule has 3 aromatic heterocycles. The van der Waals surface area contributed by atoms with Crippen molar-refractivity contribution in [2.75, 3.05) is 0 Å².